The molecule has 1 rings (SSSR count). The normalized spacial score (nSPS) is 13.6. The van der Waals surface area contributed by atoms with E-state index in [2.05, 4.69) is 10.3 Å². The molecule has 7 heteroatoms. The van der Waals surface area contributed by atoms with Gasteiger partial charge in [-0.3, -0.25) is 4.98 Å². The molecule has 0 spiro atoms. The van der Waals surface area contributed by atoms with Crippen molar-refractivity contribution in [1.29, 1.82) is 0 Å². The van der Waals surface area contributed by atoms with Gasteiger partial charge >= 0.3 is 12.1 Å². The van der Waals surface area contributed by atoms with Crippen LogP contribution in [-0.2, 0) is 27.1 Å². The van der Waals surface area contributed by atoms with Crippen molar-refractivity contribution in [3.63, 3.8) is 0 Å². The van der Waals surface area contributed by atoms with E-state index in [4.69, 9.17) is 9.47 Å². The van der Waals surface area contributed by atoms with E-state index >= 15 is 0 Å². The summed E-state index contributed by atoms with van der Waals surface area (Å²) >= 11 is 0. The van der Waals surface area contributed by atoms with E-state index in [1.54, 1.807) is 33.9 Å². The molecule has 0 aromatic carbocycles. The SMILES string of the molecule is COC(=O)[C@H](Cc1ccc(CCCC(C)O)nc1)NC(=O)OC(C)(C)C. The Labute approximate surface area is 155 Å². The second-order valence-electron chi connectivity index (χ2n) is 7.33. The molecule has 2 N–H and O–H groups in total. The average Bonchev–Trinajstić information content (AvgIpc) is 2.53. The lowest BCUT2D eigenvalue weighted by molar-refractivity contribution is -0.143. The van der Waals surface area contributed by atoms with Crippen LogP contribution in [0.25, 0.3) is 0 Å². The van der Waals surface area contributed by atoms with E-state index in [-0.39, 0.29) is 12.5 Å². The first kappa shape index (κ1) is 21.9. The molecular weight excluding hydrogens is 336 g/mol. The van der Waals surface area contributed by atoms with Crippen molar-refractivity contribution in [2.75, 3.05) is 7.11 Å². The number of ether oxygens (including phenoxy) is 2. The highest BCUT2D eigenvalue weighted by atomic mass is 16.6. The number of alkyl carbamates (subject to hydrolysis) is 1. The molecule has 0 radical (unpaired) electrons. The molecule has 7 nitrogen and oxygen atoms in total. The quantitative estimate of drug-likeness (QED) is 0.686. The van der Waals surface area contributed by atoms with Crippen molar-refractivity contribution in [3.8, 4) is 0 Å². The Balaban J connectivity index is 2.67. The maximum atomic E-state index is 12.0. The number of hydrogen-bond donors (Lipinski definition) is 2. The molecule has 0 aliphatic rings. The summed E-state index contributed by atoms with van der Waals surface area (Å²) in [4.78, 5) is 28.3. The Morgan fingerprint density at radius 1 is 1.31 bits per heavy atom. The Kier molecular flexibility index (Phi) is 8.51. The highest BCUT2D eigenvalue weighted by Gasteiger charge is 2.25. The van der Waals surface area contributed by atoms with Gasteiger partial charge < -0.3 is 19.9 Å². The molecule has 0 saturated heterocycles. The molecule has 1 aromatic rings. The summed E-state index contributed by atoms with van der Waals surface area (Å²) in [5.74, 6) is -0.545. The van der Waals surface area contributed by atoms with E-state index in [1.807, 2.05) is 12.1 Å². The van der Waals surface area contributed by atoms with Gasteiger partial charge in [0.05, 0.1) is 13.2 Å². The number of carbonyl (C=O) groups excluding carboxylic acids is 2. The van der Waals surface area contributed by atoms with E-state index in [9.17, 15) is 14.7 Å². The minimum Gasteiger partial charge on any atom is -0.467 e. The van der Waals surface area contributed by atoms with E-state index in [0.29, 0.717) is 0 Å². The fourth-order valence-corrected chi connectivity index (χ4v) is 2.32. The number of aromatic nitrogens is 1. The Morgan fingerprint density at radius 2 is 2.00 bits per heavy atom. The molecule has 1 aromatic heterocycles. The maximum Gasteiger partial charge on any atom is 0.408 e. The Bertz CT molecular complexity index is 579. The lowest BCUT2D eigenvalue weighted by Crippen LogP contribution is -2.45. The summed E-state index contributed by atoms with van der Waals surface area (Å²) in [5, 5.41) is 11.8. The molecule has 26 heavy (non-hydrogen) atoms. The number of carbonyl (C=O) groups is 2. The number of hydrogen-bond acceptors (Lipinski definition) is 6. The molecule has 0 aliphatic carbocycles. The second kappa shape index (κ2) is 10.1. The van der Waals surface area contributed by atoms with Gasteiger partial charge in [0.2, 0.25) is 0 Å². The van der Waals surface area contributed by atoms with Crippen molar-refractivity contribution < 1.29 is 24.2 Å². The standard InChI is InChI=1S/C19H30N2O5/c1-13(22)7-6-8-15-10-9-14(12-20-15)11-16(17(23)25-5)21-18(24)26-19(2,3)4/h9-10,12-13,16,22H,6-8,11H2,1-5H3,(H,21,24)/t13?,16-/m0/s1. The predicted molar refractivity (Wildman–Crippen MR) is 97.7 cm³/mol. The topological polar surface area (TPSA) is 97.8 Å². The van der Waals surface area contributed by atoms with Crippen LogP contribution in [0.3, 0.4) is 0 Å². The summed E-state index contributed by atoms with van der Waals surface area (Å²) in [7, 11) is 1.27. The number of rotatable bonds is 8. The zero-order chi connectivity index (χ0) is 19.7. The van der Waals surface area contributed by atoms with Gasteiger partial charge in [-0.05, 0) is 58.6 Å². The summed E-state index contributed by atoms with van der Waals surface area (Å²) in [6.07, 6.45) is 3.33. The van der Waals surface area contributed by atoms with Crippen LogP contribution in [0.2, 0.25) is 0 Å². The molecule has 0 aliphatic heterocycles. The molecule has 0 fully saturated rings. The van der Waals surface area contributed by atoms with Crippen molar-refractivity contribution >= 4 is 12.1 Å². The van der Waals surface area contributed by atoms with Crippen LogP contribution in [0.15, 0.2) is 18.3 Å². The Hall–Kier alpha value is -2.15. The fourth-order valence-electron chi connectivity index (χ4n) is 2.32. The molecule has 1 amide bonds. The van der Waals surface area contributed by atoms with Gasteiger partial charge in [0, 0.05) is 18.3 Å². The zero-order valence-electron chi connectivity index (χ0n) is 16.2. The minimum absolute atomic E-state index is 0.257. The first-order valence-corrected chi connectivity index (χ1v) is 8.80. The highest BCUT2D eigenvalue weighted by molar-refractivity contribution is 5.81. The number of methoxy groups -OCH3 is 1. The first-order chi connectivity index (χ1) is 12.1. The number of nitrogens with one attached hydrogen (secondary N) is 1. The van der Waals surface area contributed by atoms with Gasteiger partial charge in [-0.15, -0.1) is 0 Å². The van der Waals surface area contributed by atoms with Crippen molar-refractivity contribution in [3.05, 3.63) is 29.6 Å². The van der Waals surface area contributed by atoms with Gasteiger partial charge in [0.1, 0.15) is 11.6 Å². The van der Waals surface area contributed by atoms with Gasteiger partial charge in [0.15, 0.2) is 0 Å². The maximum absolute atomic E-state index is 12.0. The molecule has 1 heterocycles. The number of nitrogens with zero attached hydrogens (tertiary/aromatic N) is 1. The third-order valence-electron chi connectivity index (χ3n) is 3.56. The molecular formula is C19H30N2O5. The monoisotopic (exact) mass is 366 g/mol. The van der Waals surface area contributed by atoms with Crippen LogP contribution < -0.4 is 5.32 Å². The highest BCUT2D eigenvalue weighted by Crippen LogP contribution is 2.10. The molecule has 1 unspecified atom stereocenters. The first-order valence-electron chi connectivity index (χ1n) is 8.80. The number of esters is 1. The molecule has 146 valence electrons. The summed E-state index contributed by atoms with van der Waals surface area (Å²) in [5.41, 5.74) is 1.07. The van der Waals surface area contributed by atoms with Gasteiger partial charge in [-0.1, -0.05) is 6.07 Å². The number of amides is 1. The number of aryl methyl sites for hydroxylation is 1. The van der Waals surface area contributed by atoms with E-state index in [0.717, 1.165) is 30.5 Å². The van der Waals surface area contributed by atoms with Crippen molar-refractivity contribution in [1.82, 2.24) is 10.3 Å². The minimum atomic E-state index is -0.849. The van der Waals surface area contributed by atoms with Crippen molar-refractivity contribution in [2.24, 2.45) is 0 Å². The van der Waals surface area contributed by atoms with Crippen LogP contribution >= 0.6 is 0 Å². The van der Waals surface area contributed by atoms with Crippen molar-refractivity contribution in [2.45, 2.75) is 71.1 Å². The van der Waals surface area contributed by atoms with Gasteiger partial charge in [-0.2, -0.15) is 0 Å². The van der Waals surface area contributed by atoms with Crippen LogP contribution in [0, 0.1) is 0 Å². The van der Waals surface area contributed by atoms with E-state index < -0.39 is 23.7 Å². The molecule has 2 atom stereocenters. The summed E-state index contributed by atoms with van der Waals surface area (Å²) < 4.78 is 9.95. The van der Waals surface area contributed by atoms with Gasteiger partial charge in [-0.25, -0.2) is 9.59 Å². The number of aliphatic hydroxyl groups excluding tert-OH is 1. The number of pyridine rings is 1. The zero-order valence-corrected chi connectivity index (χ0v) is 16.2. The van der Waals surface area contributed by atoms with Crippen LogP contribution in [-0.4, -0.2) is 47.0 Å². The van der Waals surface area contributed by atoms with Crippen LogP contribution in [0.5, 0.6) is 0 Å². The largest absolute Gasteiger partial charge is 0.467 e. The van der Waals surface area contributed by atoms with Gasteiger partial charge in [0.25, 0.3) is 0 Å². The van der Waals surface area contributed by atoms with Crippen LogP contribution in [0.4, 0.5) is 4.79 Å². The average molecular weight is 366 g/mol. The number of aliphatic hydroxyl groups is 1. The lowest BCUT2D eigenvalue weighted by Gasteiger charge is -2.22. The molecule has 0 saturated carbocycles. The smallest absolute Gasteiger partial charge is 0.408 e. The summed E-state index contributed by atoms with van der Waals surface area (Å²) in [6.45, 7) is 7.01. The predicted octanol–water partition coefficient (Wildman–Crippen LogP) is 2.39. The molecule has 0 bridgehead atoms. The third-order valence-corrected chi connectivity index (χ3v) is 3.56. The van der Waals surface area contributed by atoms with Crippen LogP contribution in [0.1, 0.15) is 51.8 Å². The Morgan fingerprint density at radius 3 is 2.50 bits per heavy atom. The second-order valence-corrected chi connectivity index (χ2v) is 7.33. The van der Waals surface area contributed by atoms with E-state index in [1.165, 1.54) is 7.11 Å². The lowest BCUT2D eigenvalue weighted by atomic mass is 10.1. The third kappa shape index (κ3) is 8.80. The fraction of sp³-hybridized carbons (Fsp3) is 0.632. The summed E-state index contributed by atoms with van der Waals surface area (Å²) in [6, 6.07) is 2.91.